The zero-order chi connectivity index (χ0) is 12.1. The number of hydrogen-bond donors (Lipinski definition) is 1. The topological polar surface area (TPSA) is 90.7 Å². The summed E-state index contributed by atoms with van der Waals surface area (Å²) in [6, 6.07) is 0. The minimum atomic E-state index is -0.380. The zero-order valence-corrected chi connectivity index (χ0v) is 9.73. The summed E-state index contributed by atoms with van der Waals surface area (Å²) in [5.41, 5.74) is 0. The number of anilines is 1. The highest BCUT2D eigenvalue weighted by Crippen LogP contribution is 2.27. The van der Waals surface area contributed by atoms with Crippen LogP contribution >= 0.6 is 11.8 Å². The van der Waals surface area contributed by atoms with Crippen molar-refractivity contribution < 1.29 is 14.7 Å². The Morgan fingerprint density at radius 1 is 1.81 bits per heavy atom. The number of imidazole rings is 1. The van der Waals surface area contributed by atoms with E-state index in [1.165, 1.54) is 6.33 Å². The highest BCUT2D eigenvalue weighted by Gasteiger charge is 2.12. The third-order valence-electron chi connectivity index (χ3n) is 1.68. The molecule has 0 aliphatic rings. The second-order valence-corrected chi connectivity index (χ2v) is 3.81. The summed E-state index contributed by atoms with van der Waals surface area (Å²) in [5.74, 6) is -0.444. The number of ether oxygens (including phenoxy) is 1. The van der Waals surface area contributed by atoms with Crippen LogP contribution in [-0.2, 0) is 16.6 Å². The van der Waals surface area contributed by atoms with Gasteiger partial charge in [-0.25, -0.2) is 4.98 Å². The maximum absolute atomic E-state index is 11.1. The monoisotopic (exact) mass is 246 g/mol. The molecule has 1 rings (SSSR count). The number of carbonyl (C=O) groups is 1. The molecule has 0 atom stereocenters. The first kappa shape index (κ1) is 12.8. The van der Waals surface area contributed by atoms with Crippen molar-refractivity contribution in [2.75, 3.05) is 17.6 Å². The van der Waals surface area contributed by atoms with Gasteiger partial charge in [-0.3, -0.25) is 10.0 Å². The average molecular weight is 246 g/mol. The molecule has 0 spiro atoms. The van der Waals surface area contributed by atoms with Crippen molar-refractivity contribution in [3.05, 3.63) is 11.5 Å². The summed E-state index contributed by atoms with van der Waals surface area (Å²) in [4.78, 5) is 14.8. The van der Waals surface area contributed by atoms with Gasteiger partial charge in [0.2, 0.25) is 0 Å². The van der Waals surface area contributed by atoms with Crippen molar-refractivity contribution >= 4 is 23.5 Å². The standard InChI is InChI=1S/C8H12N3O4S/c1-3-15-6(12)4-16-8-7(11(13)14)9-5-10(8)2/h5,13H,3-4H2,1-2H3/q-1. The van der Waals surface area contributed by atoms with E-state index < -0.39 is 0 Å². The lowest BCUT2D eigenvalue weighted by Gasteiger charge is -2.20. The van der Waals surface area contributed by atoms with Crippen LogP contribution in [0.3, 0.4) is 0 Å². The zero-order valence-electron chi connectivity index (χ0n) is 8.91. The molecule has 0 saturated heterocycles. The van der Waals surface area contributed by atoms with Crippen LogP contribution < -0.4 is 5.23 Å². The van der Waals surface area contributed by atoms with Crippen LogP contribution in [0.15, 0.2) is 11.4 Å². The quantitative estimate of drug-likeness (QED) is 0.466. The van der Waals surface area contributed by atoms with Crippen molar-refractivity contribution in [2.24, 2.45) is 7.05 Å². The van der Waals surface area contributed by atoms with Gasteiger partial charge in [0.1, 0.15) is 5.03 Å². The molecule has 0 aliphatic carbocycles. The number of thioether (sulfide) groups is 1. The highest BCUT2D eigenvalue weighted by atomic mass is 32.2. The van der Waals surface area contributed by atoms with E-state index in [-0.39, 0.29) is 22.8 Å². The third-order valence-corrected chi connectivity index (χ3v) is 2.80. The highest BCUT2D eigenvalue weighted by molar-refractivity contribution is 8.00. The van der Waals surface area contributed by atoms with Gasteiger partial charge in [-0.15, -0.1) is 0 Å². The normalized spacial score (nSPS) is 10.2. The summed E-state index contributed by atoms with van der Waals surface area (Å²) in [5, 5.41) is 19.6. The molecular formula is C8H12N3O4S-. The van der Waals surface area contributed by atoms with Crippen LogP contribution in [0.25, 0.3) is 0 Å². The third kappa shape index (κ3) is 3.12. The fourth-order valence-corrected chi connectivity index (χ4v) is 1.88. The van der Waals surface area contributed by atoms with E-state index in [4.69, 9.17) is 9.94 Å². The summed E-state index contributed by atoms with van der Waals surface area (Å²) in [6.07, 6.45) is 1.38. The number of aryl methyl sites for hydroxylation is 1. The molecule has 1 aromatic heterocycles. The van der Waals surface area contributed by atoms with Crippen LogP contribution in [0.1, 0.15) is 6.92 Å². The predicted octanol–water partition coefficient (Wildman–Crippen LogP) is 0.769. The number of esters is 1. The molecule has 0 bridgehead atoms. The fraction of sp³-hybridized carbons (Fsp3) is 0.500. The Kier molecular flexibility index (Phi) is 4.59. The Bertz CT molecular complexity index is 366. The molecule has 0 fully saturated rings. The largest absolute Gasteiger partial charge is 0.732 e. The molecule has 0 saturated carbocycles. The summed E-state index contributed by atoms with van der Waals surface area (Å²) in [7, 11) is 1.66. The first-order valence-corrected chi connectivity index (χ1v) is 5.50. The lowest BCUT2D eigenvalue weighted by molar-refractivity contribution is -0.139. The Labute approximate surface area is 96.5 Å². The van der Waals surface area contributed by atoms with Crippen molar-refractivity contribution in [2.45, 2.75) is 11.9 Å². The van der Waals surface area contributed by atoms with Gasteiger partial charge >= 0.3 is 5.97 Å². The van der Waals surface area contributed by atoms with Gasteiger partial charge in [-0.1, -0.05) is 11.8 Å². The second kappa shape index (κ2) is 5.73. The average Bonchev–Trinajstić information content (AvgIpc) is 2.57. The Morgan fingerprint density at radius 2 is 2.50 bits per heavy atom. The number of carbonyl (C=O) groups excluding carboxylic acids is 1. The SMILES string of the molecule is CCOC(=O)CSc1c(N([O-])O)ncn1C. The molecule has 1 N–H and O–H groups in total. The van der Waals surface area contributed by atoms with E-state index in [9.17, 15) is 10.0 Å². The van der Waals surface area contributed by atoms with E-state index in [1.807, 2.05) is 0 Å². The maximum atomic E-state index is 11.1. The molecule has 1 aromatic rings. The molecule has 8 heteroatoms. The number of hydrogen-bond acceptors (Lipinski definition) is 7. The van der Waals surface area contributed by atoms with E-state index in [1.54, 1.807) is 18.5 Å². The molecule has 7 nitrogen and oxygen atoms in total. The van der Waals surface area contributed by atoms with Gasteiger partial charge in [0.05, 0.1) is 18.7 Å². The van der Waals surface area contributed by atoms with Gasteiger partial charge in [0, 0.05) is 7.05 Å². The van der Waals surface area contributed by atoms with Crippen LogP contribution in [0.4, 0.5) is 5.82 Å². The summed E-state index contributed by atoms with van der Waals surface area (Å²) >= 11 is 1.08. The number of rotatable bonds is 5. The molecule has 16 heavy (non-hydrogen) atoms. The van der Waals surface area contributed by atoms with E-state index >= 15 is 0 Å². The second-order valence-electron chi connectivity index (χ2n) is 2.85. The van der Waals surface area contributed by atoms with E-state index in [0.29, 0.717) is 11.6 Å². The van der Waals surface area contributed by atoms with Gasteiger partial charge < -0.3 is 19.7 Å². The van der Waals surface area contributed by atoms with E-state index in [0.717, 1.165) is 11.8 Å². The molecule has 0 unspecified atom stereocenters. The molecule has 90 valence electrons. The van der Waals surface area contributed by atoms with Crippen molar-refractivity contribution in [1.82, 2.24) is 9.55 Å². The van der Waals surface area contributed by atoms with Gasteiger partial charge in [0.25, 0.3) is 0 Å². The molecule has 0 amide bonds. The van der Waals surface area contributed by atoms with Gasteiger partial charge in [-0.2, -0.15) is 0 Å². The minimum Gasteiger partial charge on any atom is -0.732 e. The smallest absolute Gasteiger partial charge is 0.316 e. The van der Waals surface area contributed by atoms with Crippen molar-refractivity contribution in [3.63, 3.8) is 0 Å². The van der Waals surface area contributed by atoms with Crippen molar-refractivity contribution in [3.8, 4) is 0 Å². The lowest BCUT2D eigenvalue weighted by Crippen LogP contribution is -2.11. The first-order valence-electron chi connectivity index (χ1n) is 4.52. The Hall–Kier alpha value is -1.25. The first-order chi connectivity index (χ1) is 7.56. The molecule has 1 heterocycles. The number of nitrogens with zero attached hydrogens (tertiary/aromatic N) is 3. The molecular weight excluding hydrogens is 234 g/mol. The minimum absolute atomic E-state index is 0.0637. The Balaban J connectivity index is 2.65. The number of aromatic nitrogens is 2. The van der Waals surface area contributed by atoms with Crippen LogP contribution in [0.2, 0.25) is 0 Å². The lowest BCUT2D eigenvalue weighted by atomic mass is 10.7. The predicted molar refractivity (Wildman–Crippen MR) is 58.2 cm³/mol. The molecule has 0 aromatic carbocycles. The van der Waals surface area contributed by atoms with Crippen LogP contribution in [0, 0.1) is 5.21 Å². The van der Waals surface area contributed by atoms with Gasteiger partial charge in [-0.05, 0) is 6.92 Å². The summed E-state index contributed by atoms with van der Waals surface area (Å²) in [6.45, 7) is 2.02. The molecule has 0 aliphatic heterocycles. The fourth-order valence-electron chi connectivity index (χ4n) is 1.03. The van der Waals surface area contributed by atoms with Crippen LogP contribution in [-0.4, -0.2) is 33.1 Å². The Morgan fingerprint density at radius 3 is 3.06 bits per heavy atom. The maximum Gasteiger partial charge on any atom is 0.316 e. The molecule has 0 radical (unpaired) electrons. The summed E-state index contributed by atoms with van der Waals surface area (Å²) < 4.78 is 6.28. The van der Waals surface area contributed by atoms with E-state index in [2.05, 4.69) is 4.98 Å². The van der Waals surface area contributed by atoms with Crippen LogP contribution in [0.5, 0.6) is 0 Å². The van der Waals surface area contributed by atoms with Crippen molar-refractivity contribution in [1.29, 1.82) is 0 Å². The van der Waals surface area contributed by atoms with Gasteiger partial charge in [0.15, 0.2) is 5.82 Å².